The first-order chi connectivity index (χ1) is 14.5. The van der Waals surface area contributed by atoms with E-state index in [4.69, 9.17) is 0 Å². The molecule has 0 aliphatic rings. The van der Waals surface area contributed by atoms with Gasteiger partial charge in [0.25, 0.3) is 0 Å². The molecule has 0 aliphatic carbocycles. The Kier molecular flexibility index (Phi) is 7.39. The standard InChI is InChI=1S/C26H28N2O2/c1-20(2)17-26(30)28(19-22-9-5-3-6-10-22)24-15-13-21(14-16-24)18-25(29)27-23-11-7-4-8-12-23/h3-16,20H,17-19H2,1-2H3,(H,27,29). The Morgan fingerprint density at radius 1 is 0.800 bits per heavy atom. The number of nitrogens with one attached hydrogen (secondary N) is 1. The Morgan fingerprint density at radius 2 is 1.40 bits per heavy atom. The molecule has 0 heterocycles. The molecule has 4 heteroatoms. The summed E-state index contributed by atoms with van der Waals surface area (Å²) in [5.74, 6) is 0.325. The van der Waals surface area contributed by atoms with Crippen LogP contribution < -0.4 is 10.2 Å². The first-order valence-corrected chi connectivity index (χ1v) is 10.3. The lowest BCUT2D eigenvalue weighted by Crippen LogP contribution is -2.31. The van der Waals surface area contributed by atoms with Gasteiger partial charge in [0.15, 0.2) is 0 Å². The molecule has 3 rings (SSSR count). The monoisotopic (exact) mass is 400 g/mol. The summed E-state index contributed by atoms with van der Waals surface area (Å²) < 4.78 is 0. The number of hydrogen-bond acceptors (Lipinski definition) is 2. The van der Waals surface area contributed by atoms with E-state index in [-0.39, 0.29) is 24.2 Å². The van der Waals surface area contributed by atoms with E-state index in [1.54, 1.807) is 0 Å². The topological polar surface area (TPSA) is 49.4 Å². The van der Waals surface area contributed by atoms with Crippen molar-refractivity contribution >= 4 is 23.2 Å². The van der Waals surface area contributed by atoms with E-state index in [2.05, 4.69) is 5.32 Å². The van der Waals surface area contributed by atoms with Gasteiger partial charge in [-0.05, 0) is 41.3 Å². The van der Waals surface area contributed by atoms with E-state index in [1.807, 2.05) is 104 Å². The lowest BCUT2D eigenvalue weighted by Gasteiger charge is -2.24. The molecule has 0 aliphatic heterocycles. The first kappa shape index (κ1) is 21.3. The number of benzene rings is 3. The molecule has 0 spiro atoms. The maximum absolute atomic E-state index is 12.9. The van der Waals surface area contributed by atoms with Crippen LogP contribution in [0.5, 0.6) is 0 Å². The van der Waals surface area contributed by atoms with Gasteiger partial charge in [-0.2, -0.15) is 0 Å². The van der Waals surface area contributed by atoms with Crippen LogP contribution in [0.4, 0.5) is 11.4 Å². The highest BCUT2D eigenvalue weighted by Crippen LogP contribution is 2.21. The van der Waals surface area contributed by atoms with Crippen molar-refractivity contribution in [1.82, 2.24) is 0 Å². The highest BCUT2D eigenvalue weighted by molar-refractivity contribution is 5.94. The van der Waals surface area contributed by atoms with Gasteiger partial charge in [-0.3, -0.25) is 9.59 Å². The van der Waals surface area contributed by atoms with Gasteiger partial charge in [0.1, 0.15) is 0 Å². The molecule has 4 nitrogen and oxygen atoms in total. The molecular formula is C26H28N2O2. The minimum absolute atomic E-state index is 0.0639. The fraction of sp³-hybridized carbons (Fsp3) is 0.231. The molecule has 0 saturated heterocycles. The normalized spacial score (nSPS) is 10.6. The van der Waals surface area contributed by atoms with Crippen molar-refractivity contribution in [3.05, 3.63) is 96.1 Å². The highest BCUT2D eigenvalue weighted by atomic mass is 16.2. The second-order valence-electron chi connectivity index (χ2n) is 7.82. The molecule has 154 valence electrons. The third-order valence-electron chi connectivity index (χ3n) is 4.74. The van der Waals surface area contributed by atoms with Crippen molar-refractivity contribution in [1.29, 1.82) is 0 Å². The van der Waals surface area contributed by atoms with E-state index in [0.29, 0.717) is 13.0 Å². The van der Waals surface area contributed by atoms with Gasteiger partial charge in [-0.15, -0.1) is 0 Å². The Balaban J connectivity index is 1.71. The van der Waals surface area contributed by atoms with Crippen LogP contribution in [0, 0.1) is 5.92 Å². The Labute approximate surface area is 178 Å². The molecule has 0 fully saturated rings. The van der Waals surface area contributed by atoms with Crippen LogP contribution in [0.25, 0.3) is 0 Å². The number of carbonyl (C=O) groups is 2. The van der Waals surface area contributed by atoms with Crippen LogP contribution in [0.2, 0.25) is 0 Å². The zero-order valence-electron chi connectivity index (χ0n) is 17.5. The van der Waals surface area contributed by atoms with Gasteiger partial charge in [0.05, 0.1) is 13.0 Å². The molecular weight excluding hydrogens is 372 g/mol. The zero-order chi connectivity index (χ0) is 21.3. The molecule has 0 saturated carbocycles. The lowest BCUT2D eigenvalue weighted by atomic mass is 10.1. The maximum atomic E-state index is 12.9. The predicted octanol–water partition coefficient (Wildman–Crippen LogP) is 5.45. The summed E-state index contributed by atoms with van der Waals surface area (Å²) in [6.07, 6.45) is 0.780. The molecule has 0 atom stereocenters. The van der Waals surface area contributed by atoms with Crippen molar-refractivity contribution in [3.8, 4) is 0 Å². The highest BCUT2D eigenvalue weighted by Gasteiger charge is 2.17. The van der Waals surface area contributed by atoms with E-state index >= 15 is 0 Å². The maximum Gasteiger partial charge on any atom is 0.228 e. The number of amides is 2. The Bertz CT molecular complexity index is 951. The third kappa shape index (κ3) is 6.31. The van der Waals surface area contributed by atoms with Crippen LogP contribution in [0.15, 0.2) is 84.9 Å². The Hall–Kier alpha value is -3.40. The van der Waals surface area contributed by atoms with Gasteiger partial charge in [-0.25, -0.2) is 0 Å². The number of nitrogens with zero attached hydrogens (tertiary/aromatic N) is 1. The lowest BCUT2D eigenvalue weighted by molar-refractivity contribution is -0.119. The summed E-state index contributed by atoms with van der Waals surface area (Å²) in [6, 6.07) is 27.1. The number of para-hydroxylation sites is 1. The molecule has 0 radical (unpaired) electrons. The summed E-state index contributed by atoms with van der Waals surface area (Å²) in [7, 11) is 0. The largest absolute Gasteiger partial charge is 0.326 e. The number of carbonyl (C=O) groups excluding carboxylic acids is 2. The molecule has 0 aromatic heterocycles. The van der Waals surface area contributed by atoms with Gasteiger partial charge in [0.2, 0.25) is 11.8 Å². The number of rotatable bonds is 8. The second kappa shape index (κ2) is 10.4. The van der Waals surface area contributed by atoms with Crippen molar-refractivity contribution in [2.24, 2.45) is 5.92 Å². The summed E-state index contributed by atoms with van der Waals surface area (Å²) in [5.41, 5.74) is 3.62. The van der Waals surface area contributed by atoms with Gasteiger partial charge in [-0.1, -0.05) is 74.5 Å². The quantitative estimate of drug-likeness (QED) is 0.547. The van der Waals surface area contributed by atoms with E-state index in [0.717, 1.165) is 22.5 Å². The third-order valence-corrected chi connectivity index (χ3v) is 4.74. The SMILES string of the molecule is CC(C)CC(=O)N(Cc1ccccc1)c1ccc(CC(=O)Nc2ccccc2)cc1. The molecule has 30 heavy (non-hydrogen) atoms. The average Bonchev–Trinajstić information content (AvgIpc) is 2.73. The minimum atomic E-state index is -0.0639. The fourth-order valence-corrected chi connectivity index (χ4v) is 3.25. The molecule has 0 unspecified atom stereocenters. The second-order valence-corrected chi connectivity index (χ2v) is 7.82. The average molecular weight is 401 g/mol. The molecule has 2 amide bonds. The minimum Gasteiger partial charge on any atom is -0.326 e. The van der Waals surface area contributed by atoms with Gasteiger partial charge < -0.3 is 10.2 Å². The van der Waals surface area contributed by atoms with Crippen LogP contribution in [-0.2, 0) is 22.6 Å². The summed E-state index contributed by atoms with van der Waals surface area (Å²) in [5, 5.41) is 2.90. The molecule has 3 aromatic carbocycles. The van der Waals surface area contributed by atoms with Crippen molar-refractivity contribution in [2.75, 3.05) is 10.2 Å². The zero-order valence-corrected chi connectivity index (χ0v) is 17.5. The van der Waals surface area contributed by atoms with Crippen LogP contribution in [0.3, 0.4) is 0 Å². The van der Waals surface area contributed by atoms with Gasteiger partial charge >= 0.3 is 0 Å². The molecule has 1 N–H and O–H groups in total. The molecule has 3 aromatic rings. The van der Waals surface area contributed by atoms with Gasteiger partial charge in [0, 0.05) is 17.8 Å². The van der Waals surface area contributed by atoms with Crippen molar-refractivity contribution < 1.29 is 9.59 Å². The predicted molar refractivity (Wildman–Crippen MR) is 122 cm³/mol. The van der Waals surface area contributed by atoms with Crippen molar-refractivity contribution in [3.63, 3.8) is 0 Å². The van der Waals surface area contributed by atoms with Crippen molar-refractivity contribution in [2.45, 2.75) is 33.2 Å². The molecule has 0 bridgehead atoms. The van der Waals surface area contributed by atoms with E-state index in [9.17, 15) is 9.59 Å². The number of anilines is 2. The Morgan fingerprint density at radius 3 is 2.00 bits per heavy atom. The summed E-state index contributed by atoms with van der Waals surface area (Å²) >= 11 is 0. The van der Waals surface area contributed by atoms with E-state index in [1.165, 1.54) is 0 Å². The van der Waals surface area contributed by atoms with Crippen LogP contribution in [-0.4, -0.2) is 11.8 Å². The summed E-state index contributed by atoms with van der Waals surface area (Å²) in [4.78, 5) is 27.0. The smallest absolute Gasteiger partial charge is 0.228 e. The van der Waals surface area contributed by atoms with Crippen LogP contribution in [0.1, 0.15) is 31.4 Å². The first-order valence-electron chi connectivity index (χ1n) is 10.3. The van der Waals surface area contributed by atoms with Crippen LogP contribution >= 0.6 is 0 Å². The summed E-state index contributed by atoms with van der Waals surface area (Å²) in [6.45, 7) is 4.63. The van der Waals surface area contributed by atoms with E-state index < -0.39 is 0 Å². The fourth-order valence-electron chi connectivity index (χ4n) is 3.25. The number of hydrogen-bond donors (Lipinski definition) is 1.